The van der Waals surface area contributed by atoms with Crippen LogP contribution in [0.2, 0.25) is 5.15 Å². The minimum atomic E-state index is -0.661. The van der Waals surface area contributed by atoms with E-state index in [0.717, 1.165) is 43.6 Å². The molecule has 3 fully saturated rings. The summed E-state index contributed by atoms with van der Waals surface area (Å²) in [4.78, 5) is 23.0. The lowest BCUT2D eigenvalue weighted by Crippen LogP contribution is -2.43. The number of alkyl carbamates (subject to hydrolysis) is 1. The van der Waals surface area contributed by atoms with E-state index >= 15 is 0 Å². The number of hydrogen-bond acceptors (Lipinski definition) is 8. The van der Waals surface area contributed by atoms with Crippen molar-refractivity contribution in [1.29, 1.82) is 0 Å². The summed E-state index contributed by atoms with van der Waals surface area (Å²) in [6.07, 6.45) is 11.8. The SMILES string of the molecule is CC(C)(C)OC(=O)NCC[C@@H]1CCCN1C[C@H]1O[C@@H](/C=C/C2C=Cc3c(Cl)ncnc32)[C@@H]2OC(C)(C)O[C@@H]21. The summed E-state index contributed by atoms with van der Waals surface area (Å²) in [6, 6.07) is 0.376. The van der Waals surface area contributed by atoms with Crippen molar-refractivity contribution in [2.45, 2.75) is 102 Å². The topological polar surface area (TPSA) is 95.0 Å². The number of ether oxygens (including phenoxy) is 4. The second-order valence-corrected chi connectivity index (χ2v) is 12.3. The largest absolute Gasteiger partial charge is 0.444 e. The van der Waals surface area contributed by atoms with Gasteiger partial charge in [-0.05, 0) is 60.4 Å². The number of rotatable bonds is 7. The first-order valence-electron chi connectivity index (χ1n) is 13.6. The molecule has 38 heavy (non-hydrogen) atoms. The lowest BCUT2D eigenvalue weighted by molar-refractivity contribution is -0.183. The molecule has 10 heteroatoms. The van der Waals surface area contributed by atoms with Crippen LogP contribution in [-0.4, -0.2) is 82.4 Å². The van der Waals surface area contributed by atoms with E-state index in [2.05, 4.69) is 38.4 Å². The van der Waals surface area contributed by atoms with Crippen LogP contribution in [0.15, 0.2) is 24.6 Å². The summed E-state index contributed by atoms with van der Waals surface area (Å²) in [5, 5.41) is 3.36. The standard InChI is InChI=1S/C28H39ClN4O5/c1-27(2,3)38-26(34)30-13-12-18-7-6-14-33(18)15-21-24-23(36-28(4,5)37-24)20(35-21)11-9-17-8-10-19-22(17)31-16-32-25(19)29/h8-11,16-18,20-21,23-24H,6-7,12-15H2,1-5H3,(H,30,34)/b11-9+/t17?,18-,20-,21+,23-,24+/m0/s1. The summed E-state index contributed by atoms with van der Waals surface area (Å²) < 4.78 is 24.5. The van der Waals surface area contributed by atoms with Gasteiger partial charge in [0.2, 0.25) is 0 Å². The smallest absolute Gasteiger partial charge is 0.407 e. The first kappa shape index (κ1) is 27.5. The Labute approximate surface area is 229 Å². The lowest BCUT2D eigenvalue weighted by atomic mass is 10.0. The zero-order valence-corrected chi connectivity index (χ0v) is 23.6. The molecule has 4 heterocycles. The molecular formula is C28H39ClN4O5. The predicted octanol–water partition coefficient (Wildman–Crippen LogP) is 4.46. The normalized spacial score (nSPS) is 32.2. The molecule has 0 aromatic carbocycles. The summed E-state index contributed by atoms with van der Waals surface area (Å²) in [6.45, 7) is 11.9. The van der Waals surface area contributed by atoms with Gasteiger partial charge in [-0.15, -0.1) is 0 Å². The summed E-state index contributed by atoms with van der Waals surface area (Å²) in [5.74, 6) is -0.645. The molecule has 208 valence electrons. The molecule has 1 aromatic rings. The maximum atomic E-state index is 12.0. The van der Waals surface area contributed by atoms with Crippen molar-refractivity contribution in [2.75, 3.05) is 19.6 Å². The molecule has 1 unspecified atom stereocenters. The Morgan fingerprint density at radius 3 is 2.84 bits per heavy atom. The molecular weight excluding hydrogens is 508 g/mol. The molecule has 1 aromatic heterocycles. The van der Waals surface area contributed by atoms with Gasteiger partial charge >= 0.3 is 6.09 Å². The first-order valence-corrected chi connectivity index (χ1v) is 14.0. The highest BCUT2D eigenvalue weighted by molar-refractivity contribution is 6.31. The number of nitrogens with one attached hydrogen (secondary N) is 1. The van der Waals surface area contributed by atoms with Crippen molar-refractivity contribution in [2.24, 2.45) is 0 Å². The number of amides is 1. The summed E-state index contributed by atoms with van der Waals surface area (Å²) in [5.41, 5.74) is 1.27. The fourth-order valence-corrected chi connectivity index (χ4v) is 6.05. The van der Waals surface area contributed by atoms with E-state index in [-0.39, 0.29) is 36.4 Å². The molecule has 1 N–H and O–H groups in total. The zero-order valence-electron chi connectivity index (χ0n) is 22.9. The van der Waals surface area contributed by atoms with Crippen molar-refractivity contribution < 1.29 is 23.7 Å². The Kier molecular flexibility index (Phi) is 7.86. The van der Waals surface area contributed by atoms with E-state index in [1.807, 2.05) is 40.7 Å². The number of carbonyl (C=O) groups excluding carboxylic acids is 1. The maximum Gasteiger partial charge on any atom is 0.407 e. The van der Waals surface area contributed by atoms with Gasteiger partial charge in [-0.25, -0.2) is 14.8 Å². The van der Waals surface area contributed by atoms with Crippen LogP contribution in [-0.2, 0) is 18.9 Å². The van der Waals surface area contributed by atoms with Crippen LogP contribution in [0.5, 0.6) is 0 Å². The molecule has 4 aliphatic rings. The van der Waals surface area contributed by atoms with Gasteiger partial charge in [-0.1, -0.05) is 35.9 Å². The Balaban J connectivity index is 1.20. The third kappa shape index (κ3) is 6.23. The molecule has 6 atom stereocenters. The molecule has 5 rings (SSSR count). The average Bonchev–Trinajstić information content (AvgIpc) is 3.57. The molecule has 0 saturated carbocycles. The second-order valence-electron chi connectivity index (χ2n) is 11.9. The van der Waals surface area contributed by atoms with E-state index in [4.69, 9.17) is 30.5 Å². The highest BCUT2D eigenvalue weighted by atomic mass is 35.5. The van der Waals surface area contributed by atoms with Gasteiger partial charge < -0.3 is 24.3 Å². The third-order valence-corrected chi connectivity index (χ3v) is 7.71. The Morgan fingerprint density at radius 2 is 2.05 bits per heavy atom. The van der Waals surface area contributed by atoms with Crippen LogP contribution in [0.1, 0.15) is 71.1 Å². The van der Waals surface area contributed by atoms with Crippen LogP contribution in [0.3, 0.4) is 0 Å². The van der Waals surface area contributed by atoms with Crippen LogP contribution in [0.4, 0.5) is 4.79 Å². The van der Waals surface area contributed by atoms with Gasteiger partial charge in [0.05, 0.1) is 5.69 Å². The van der Waals surface area contributed by atoms with Gasteiger partial charge in [0, 0.05) is 30.6 Å². The van der Waals surface area contributed by atoms with E-state index in [1.165, 1.54) is 6.33 Å². The van der Waals surface area contributed by atoms with Crippen molar-refractivity contribution in [3.05, 3.63) is 41.0 Å². The van der Waals surface area contributed by atoms with Gasteiger partial charge in [0.15, 0.2) is 5.79 Å². The molecule has 1 amide bonds. The Morgan fingerprint density at radius 1 is 1.26 bits per heavy atom. The fraction of sp³-hybridized carbons (Fsp3) is 0.679. The molecule has 3 aliphatic heterocycles. The molecule has 0 radical (unpaired) electrons. The van der Waals surface area contributed by atoms with Crippen LogP contribution >= 0.6 is 11.6 Å². The number of nitrogens with zero attached hydrogens (tertiary/aromatic N) is 3. The van der Waals surface area contributed by atoms with E-state index in [1.54, 1.807) is 0 Å². The molecule has 0 bridgehead atoms. The zero-order chi connectivity index (χ0) is 27.1. The monoisotopic (exact) mass is 546 g/mol. The van der Waals surface area contributed by atoms with Crippen molar-refractivity contribution >= 4 is 23.8 Å². The fourth-order valence-electron chi connectivity index (χ4n) is 5.85. The van der Waals surface area contributed by atoms with E-state index in [9.17, 15) is 4.79 Å². The Hall–Kier alpha value is -2.04. The summed E-state index contributed by atoms with van der Waals surface area (Å²) in [7, 11) is 0. The summed E-state index contributed by atoms with van der Waals surface area (Å²) >= 11 is 6.23. The van der Waals surface area contributed by atoms with Crippen molar-refractivity contribution in [3.63, 3.8) is 0 Å². The number of allylic oxidation sites excluding steroid dienone is 2. The quantitative estimate of drug-likeness (QED) is 0.395. The number of hydrogen-bond donors (Lipinski definition) is 1. The molecule has 9 nitrogen and oxygen atoms in total. The van der Waals surface area contributed by atoms with Gasteiger partial charge in [0.1, 0.15) is 41.5 Å². The number of aromatic nitrogens is 2. The van der Waals surface area contributed by atoms with E-state index in [0.29, 0.717) is 17.7 Å². The highest BCUT2D eigenvalue weighted by Crippen LogP contribution is 2.41. The van der Waals surface area contributed by atoms with E-state index < -0.39 is 11.4 Å². The third-order valence-electron chi connectivity index (χ3n) is 7.41. The number of halogens is 1. The van der Waals surface area contributed by atoms with Crippen molar-refractivity contribution in [3.8, 4) is 0 Å². The minimum absolute atomic E-state index is 0.0161. The van der Waals surface area contributed by atoms with Gasteiger partial charge in [-0.2, -0.15) is 0 Å². The first-order chi connectivity index (χ1) is 18.0. The molecule has 3 saturated heterocycles. The van der Waals surface area contributed by atoms with Crippen LogP contribution < -0.4 is 5.32 Å². The number of carbonyl (C=O) groups is 1. The second kappa shape index (κ2) is 10.8. The number of likely N-dealkylation sites (tertiary alicyclic amines) is 1. The predicted molar refractivity (Wildman–Crippen MR) is 144 cm³/mol. The van der Waals surface area contributed by atoms with Gasteiger partial charge in [0.25, 0.3) is 0 Å². The van der Waals surface area contributed by atoms with Gasteiger partial charge in [-0.3, -0.25) is 4.90 Å². The minimum Gasteiger partial charge on any atom is -0.444 e. The van der Waals surface area contributed by atoms with Crippen LogP contribution in [0, 0.1) is 0 Å². The Bertz CT molecular complexity index is 1090. The van der Waals surface area contributed by atoms with Crippen LogP contribution in [0.25, 0.3) is 6.08 Å². The maximum absolute atomic E-state index is 12.0. The molecule has 1 aliphatic carbocycles. The van der Waals surface area contributed by atoms with Crippen molar-refractivity contribution in [1.82, 2.24) is 20.2 Å². The molecule has 0 spiro atoms. The lowest BCUT2D eigenvalue weighted by Gasteiger charge is -2.30. The number of fused-ring (bicyclic) bond motifs is 2. The highest BCUT2D eigenvalue weighted by Gasteiger charge is 2.54. The average molecular weight is 547 g/mol.